The number of hydrogen-bond acceptors (Lipinski definition) is 4. The summed E-state index contributed by atoms with van der Waals surface area (Å²) in [6.45, 7) is 0.607. The van der Waals surface area contributed by atoms with Crippen LogP contribution in [0.1, 0.15) is 22.5 Å². The molecule has 1 unspecified atom stereocenters. The fourth-order valence-corrected chi connectivity index (χ4v) is 3.59. The van der Waals surface area contributed by atoms with Crippen LogP contribution in [0.4, 0.5) is 4.39 Å². The van der Waals surface area contributed by atoms with E-state index in [1.54, 1.807) is 47.4 Å². The SMILES string of the molecule is O=C(c1cc(-c2ccccc2O)n[nH]1)N1CCC(O)(Cc2ccc(F)cc2)C1. The van der Waals surface area contributed by atoms with E-state index >= 15 is 0 Å². The zero-order valence-corrected chi connectivity index (χ0v) is 15.1. The maximum Gasteiger partial charge on any atom is 0.271 e. The topological polar surface area (TPSA) is 89.4 Å². The smallest absolute Gasteiger partial charge is 0.271 e. The van der Waals surface area contributed by atoms with Crippen LogP contribution in [0.5, 0.6) is 5.75 Å². The molecule has 1 fully saturated rings. The summed E-state index contributed by atoms with van der Waals surface area (Å²) < 4.78 is 13.1. The van der Waals surface area contributed by atoms with Crippen LogP contribution in [-0.4, -0.2) is 49.9 Å². The lowest BCUT2D eigenvalue weighted by Gasteiger charge is -2.23. The molecule has 0 radical (unpaired) electrons. The number of halogens is 1. The molecule has 144 valence electrons. The second-order valence-electron chi connectivity index (χ2n) is 7.19. The number of likely N-dealkylation sites (tertiary alicyclic amines) is 1. The summed E-state index contributed by atoms with van der Waals surface area (Å²) in [5, 5.41) is 27.6. The van der Waals surface area contributed by atoms with Crippen LogP contribution in [-0.2, 0) is 6.42 Å². The quantitative estimate of drug-likeness (QED) is 0.648. The molecule has 6 nitrogen and oxygen atoms in total. The first-order chi connectivity index (χ1) is 13.4. The molecule has 4 rings (SSSR count). The Bertz CT molecular complexity index is 1000. The van der Waals surface area contributed by atoms with Crippen LogP contribution in [0.15, 0.2) is 54.6 Å². The molecular formula is C21H20FN3O3. The number of aliphatic hydroxyl groups is 1. The highest BCUT2D eigenvalue weighted by Gasteiger charge is 2.38. The van der Waals surface area contributed by atoms with Crippen molar-refractivity contribution in [1.29, 1.82) is 0 Å². The van der Waals surface area contributed by atoms with Crippen molar-refractivity contribution in [2.75, 3.05) is 13.1 Å². The zero-order valence-electron chi connectivity index (χ0n) is 15.1. The third-order valence-electron chi connectivity index (χ3n) is 5.05. The Morgan fingerprint density at radius 2 is 1.96 bits per heavy atom. The highest BCUT2D eigenvalue weighted by atomic mass is 19.1. The molecule has 1 aliphatic heterocycles. The van der Waals surface area contributed by atoms with Gasteiger partial charge < -0.3 is 15.1 Å². The van der Waals surface area contributed by atoms with Gasteiger partial charge in [-0.15, -0.1) is 0 Å². The number of para-hydroxylation sites is 1. The Hall–Kier alpha value is -3.19. The number of carbonyl (C=O) groups is 1. The van der Waals surface area contributed by atoms with Gasteiger partial charge in [-0.05, 0) is 42.3 Å². The number of nitrogens with zero attached hydrogens (tertiary/aromatic N) is 2. The molecule has 3 aromatic rings. The molecule has 2 heterocycles. The van der Waals surface area contributed by atoms with Crippen LogP contribution in [0.2, 0.25) is 0 Å². The molecular weight excluding hydrogens is 361 g/mol. The predicted molar refractivity (Wildman–Crippen MR) is 101 cm³/mol. The van der Waals surface area contributed by atoms with E-state index in [-0.39, 0.29) is 24.0 Å². The molecule has 1 amide bonds. The Morgan fingerprint density at radius 3 is 2.71 bits per heavy atom. The van der Waals surface area contributed by atoms with E-state index in [0.29, 0.717) is 36.3 Å². The number of carbonyl (C=O) groups excluding carboxylic acids is 1. The Kier molecular flexibility index (Phi) is 4.60. The number of benzene rings is 2. The second-order valence-corrected chi connectivity index (χ2v) is 7.19. The van der Waals surface area contributed by atoms with E-state index in [4.69, 9.17) is 0 Å². The molecule has 28 heavy (non-hydrogen) atoms. The first-order valence-electron chi connectivity index (χ1n) is 9.03. The average molecular weight is 381 g/mol. The summed E-state index contributed by atoms with van der Waals surface area (Å²) in [6, 6.07) is 14.4. The molecule has 1 aliphatic rings. The fourth-order valence-electron chi connectivity index (χ4n) is 3.59. The third kappa shape index (κ3) is 3.61. The highest BCUT2D eigenvalue weighted by molar-refractivity contribution is 5.93. The largest absolute Gasteiger partial charge is 0.507 e. The summed E-state index contributed by atoms with van der Waals surface area (Å²) in [5.41, 5.74) is 1.08. The average Bonchev–Trinajstić information content (AvgIpc) is 3.31. The molecule has 1 atom stereocenters. The number of phenols is 1. The van der Waals surface area contributed by atoms with Crippen molar-refractivity contribution in [3.05, 3.63) is 71.7 Å². The van der Waals surface area contributed by atoms with Crippen molar-refractivity contribution < 1.29 is 19.4 Å². The summed E-state index contributed by atoms with van der Waals surface area (Å²) in [4.78, 5) is 14.4. The van der Waals surface area contributed by atoms with Crippen molar-refractivity contribution in [3.63, 3.8) is 0 Å². The van der Waals surface area contributed by atoms with Crippen LogP contribution in [0.25, 0.3) is 11.3 Å². The standard InChI is InChI=1S/C21H20FN3O3/c22-15-7-5-14(6-8-15)12-21(28)9-10-25(13-21)20(27)18-11-17(23-24-18)16-3-1-2-4-19(16)26/h1-8,11,26,28H,9-10,12-13H2,(H,23,24). The molecule has 2 aromatic carbocycles. The molecule has 0 bridgehead atoms. The number of amides is 1. The molecule has 7 heteroatoms. The van der Waals surface area contributed by atoms with E-state index in [9.17, 15) is 19.4 Å². The zero-order chi connectivity index (χ0) is 19.7. The first kappa shape index (κ1) is 18.2. The van der Waals surface area contributed by atoms with Crippen molar-refractivity contribution >= 4 is 5.91 Å². The number of hydrogen-bond donors (Lipinski definition) is 3. The lowest BCUT2D eigenvalue weighted by atomic mass is 9.94. The van der Waals surface area contributed by atoms with Gasteiger partial charge in [-0.3, -0.25) is 9.89 Å². The van der Waals surface area contributed by atoms with E-state index in [1.807, 2.05) is 0 Å². The van der Waals surface area contributed by atoms with Crippen LogP contribution in [0.3, 0.4) is 0 Å². The Labute approximate surface area is 161 Å². The monoisotopic (exact) mass is 381 g/mol. The van der Waals surface area contributed by atoms with Crippen molar-refractivity contribution in [1.82, 2.24) is 15.1 Å². The number of aromatic hydroxyl groups is 1. The summed E-state index contributed by atoms with van der Waals surface area (Å²) in [6.07, 6.45) is 0.791. The Balaban J connectivity index is 1.46. The van der Waals surface area contributed by atoms with Crippen molar-refractivity contribution in [3.8, 4) is 17.0 Å². The summed E-state index contributed by atoms with van der Waals surface area (Å²) in [5.74, 6) is -0.495. The number of aromatic amines is 1. The van der Waals surface area contributed by atoms with E-state index in [2.05, 4.69) is 10.2 Å². The third-order valence-corrected chi connectivity index (χ3v) is 5.05. The molecule has 1 aromatic heterocycles. The van der Waals surface area contributed by atoms with Gasteiger partial charge in [0.1, 0.15) is 17.3 Å². The minimum absolute atomic E-state index is 0.0860. The molecule has 0 aliphatic carbocycles. The van der Waals surface area contributed by atoms with Crippen LogP contribution in [0, 0.1) is 5.82 Å². The van der Waals surface area contributed by atoms with Gasteiger partial charge in [0.2, 0.25) is 0 Å². The highest BCUT2D eigenvalue weighted by Crippen LogP contribution is 2.29. The van der Waals surface area contributed by atoms with Gasteiger partial charge in [0.05, 0.1) is 17.8 Å². The molecule has 1 saturated heterocycles. The fraction of sp³-hybridized carbons (Fsp3) is 0.238. The first-order valence-corrected chi connectivity index (χ1v) is 9.03. The van der Waals surface area contributed by atoms with Gasteiger partial charge in [0.25, 0.3) is 5.91 Å². The maximum absolute atomic E-state index is 13.1. The number of nitrogens with one attached hydrogen (secondary N) is 1. The van der Waals surface area contributed by atoms with Gasteiger partial charge in [0.15, 0.2) is 0 Å². The van der Waals surface area contributed by atoms with E-state index in [0.717, 1.165) is 5.56 Å². The summed E-state index contributed by atoms with van der Waals surface area (Å²) in [7, 11) is 0. The van der Waals surface area contributed by atoms with Crippen LogP contribution < -0.4 is 0 Å². The summed E-state index contributed by atoms with van der Waals surface area (Å²) >= 11 is 0. The number of aromatic nitrogens is 2. The number of phenolic OH excluding ortho intramolecular Hbond substituents is 1. The van der Waals surface area contributed by atoms with Crippen molar-refractivity contribution in [2.45, 2.75) is 18.4 Å². The minimum atomic E-state index is -1.05. The van der Waals surface area contributed by atoms with Crippen molar-refractivity contribution in [2.24, 2.45) is 0 Å². The van der Waals surface area contributed by atoms with Gasteiger partial charge in [-0.1, -0.05) is 24.3 Å². The molecule has 0 saturated carbocycles. The lowest BCUT2D eigenvalue weighted by Crippen LogP contribution is -2.37. The van der Waals surface area contributed by atoms with Crippen LogP contribution >= 0.6 is 0 Å². The molecule has 0 spiro atoms. The van der Waals surface area contributed by atoms with Gasteiger partial charge in [-0.2, -0.15) is 5.10 Å². The lowest BCUT2D eigenvalue weighted by molar-refractivity contribution is 0.0443. The number of rotatable bonds is 4. The second kappa shape index (κ2) is 7.09. The van der Waals surface area contributed by atoms with E-state index < -0.39 is 5.60 Å². The Morgan fingerprint density at radius 1 is 1.21 bits per heavy atom. The van der Waals surface area contributed by atoms with Gasteiger partial charge in [0, 0.05) is 18.5 Å². The molecule has 3 N–H and O–H groups in total. The number of H-pyrrole nitrogens is 1. The predicted octanol–water partition coefficient (Wildman–Crippen LogP) is 2.74. The normalized spacial score (nSPS) is 19.1. The number of β-amino-alcohol motifs (C(OH)–C–C–N with tert-alkyl or cyclic N) is 1. The minimum Gasteiger partial charge on any atom is -0.507 e. The maximum atomic E-state index is 13.1. The van der Waals surface area contributed by atoms with Gasteiger partial charge >= 0.3 is 0 Å². The van der Waals surface area contributed by atoms with Gasteiger partial charge in [-0.25, -0.2) is 4.39 Å². The van der Waals surface area contributed by atoms with E-state index in [1.165, 1.54) is 12.1 Å².